The van der Waals surface area contributed by atoms with Gasteiger partial charge in [0.2, 0.25) is 0 Å². The highest BCUT2D eigenvalue weighted by atomic mass is 79.9. The summed E-state index contributed by atoms with van der Waals surface area (Å²) < 4.78 is 2.61. The summed E-state index contributed by atoms with van der Waals surface area (Å²) in [4.78, 5) is 12.8. The molecule has 1 atom stereocenters. The number of halogens is 1. The van der Waals surface area contributed by atoms with E-state index in [2.05, 4.69) is 26.3 Å². The topological polar surface area (TPSA) is 46.9 Å². The molecule has 2 heterocycles. The highest BCUT2D eigenvalue weighted by molar-refractivity contribution is 9.10. The zero-order chi connectivity index (χ0) is 13.3. The van der Waals surface area contributed by atoms with Crippen molar-refractivity contribution in [3.63, 3.8) is 0 Å². The molecule has 100 valence electrons. The van der Waals surface area contributed by atoms with E-state index in [4.69, 9.17) is 0 Å². The monoisotopic (exact) mass is 313 g/mol. The molecule has 0 radical (unpaired) electrons. The highest BCUT2D eigenvalue weighted by Crippen LogP contribution is 2.33. The van der Waals surface area contributed by atoms with Crippen molar-refractivity contribution in [3.8, 4) is 0 Å². The Morgan fingerprint density at radius 3 is 2.89 bits per heavy atom. The lowest BCUT2D eigenvalue weighted by atomic mass is 9.77. The standard InChI is InChI=1S/C13H20BrN3O/c1-9(2)17-11(10(14)7-16-17)12(18)13(3)5-4-6-15-8-13/h7,9,15H,4-6,8H2,1-3H3. The van der Waals surface area contributed by atoms with Gasteiger partial charge in [-0.05, 0) is 49.2 Å². The molecule has 0 bridgehead atoms. The summed E-state index contributed by atoms with van der Waals surface area (Å²) in [5.41, 5.74) is 0.393. The van der Waals surface area contributed by atoms with Gasteiger partial charge in [-0.25, -0.2) is 0 Å². The number of nitrogens with one attached hydrogen (secondary N) is 1. The van der Waals surface area contributed by atoms with Crippen molar-refractivity contribution in [3.05, 3.63) is 16.4 Å². The highest BCUT2D eigenvalue weighted by Gasteiger charge is 2.38. The molecule has 0 aliphatic carbocycles. The van der Waals surface area contributed by atoms with E-state index >= 15 is 0 Å². The van der Waals surface area contributed by atoms with Crippen LogP contribution in [0.4, 0.5) is 0 Å². The number of nitrogens with zero attached hydrogens (tertiary/aromatic N) is 2. The van der Waals surface area contributed by atoms with Crippen LogP contribution in [0.3, 0.4) is 0 Å². The van der Waals surface area contributed by atoms with Crippen LogP contribution in [0.15, 0.2) is 10.7 Å². The van der Waals surface area contributed by atoms with Crippen molar-refractivity contribution in [2.24, 2.45) is 5.41 Å². The molecule has 0 spiro atoms. The molecule has 1 aliphatic heterocycles. The minimum Gasteiger partial charge on any atom is -0.316 e. The molecule has 4 nitrogen and oxygen atoms in total. The summed E-state index contributed by atoms with van der Waals surface area (Å²) in [5.74, 6) is 0.188. The zero-order valence-electron chi connectivity index (χ0n) is 11.2. The summed E-state index contributed by atoms with van der Waals surface area (Å²) in [6, 6.07) is 0.190. The largest absolute Gasteiger partial charge is 0.316 e. The van der Waals surface area contributed by atoms with Gasteiger partial charge >= 0.3 is 0 Å². The molecule has 0 amide bonds. The van der Waals surface area contributed by atoms with Crippen LogP contribution < -0.4 is 5.32 Å². The van der Waals surface area contributed by atoms with Crippen LogP contribution in [0.1, 0.15) is 50.1 Å². The minimum absolute atomic E-state index is 0.188. The molecule has 1 aliphatic rings. The van der Waals surface area contributed by atoms with Gasteiger partial charge < -0.3 is 5.32 Å². The Morgan fingerprint density at radius 2 is 2.33 bits per heavy atom. The molecule has 1 aromatic heterocycles. The third kappa shape index (κ3) is 2.38. The maximum atomic E-state index is 12.8. The number of Topliss-reactive ketones (excluding diaryl/α,β-unsaturated/α-hetero) is 1. The van der Waals surface area contributed by atoms with Gasteiger partial charge in [-0.1, -0.05) is 6.92 Å². The number of carbonyl (C=O) groups excluding carboxylic acids is 1. The second kappa shape index (κ2) is 5.13. The van der Waals surface area contributed by atoms with E-state index in [1.165, 1.54) is 0 Å². The minimum atomic E-state index is -0.312. The third-order valence-electron chi connectivity index (χ3n) is 3.60. The molecule has 2 rings (SSSR count). The SMILES string of the molecule is CC(C)n1ncc(Br)c1C(=O)C1(C)CCCNC1. The fraction of sp³-hybridized carbons (Fsp3) is 0.692. The fourth-order valence-corrected chi connectivity index (χ4v) is 2.93. The molecule has 18 heavy (non-hydrogen) atoms. The van der Waals surface area contributed by atoms with Crippen LogP contribution in [-0.2, 0) is 0 Å². The predicted molar refractivity (Wildman–Crippen MR) is 74.9 cm³/mol. The van der Waals surface area contributed by atoms with Crippen LogP contribution in [0.25, 0.3) is 0 Å². The van der Waals surface area contributed by atoms with E-state index in [-0.39, 0.29) is 17.2 Å². The van der Waals surface area contributed by atoms with Gasteiger partial charge in [-0.3, -0.25) is 9.48 Å². The quantitative estimate of drug-likeness (QED) is 0.873. The molecular formula is C13H20BrN3O. The number of ketones is 1. The van der Waals surface area contributed by atoms with E-state index in [9.17, 15) is 4.79 Å². The van der Waals surface area contributed by atoms with Gasteiger partial charge in [0.15, 0.2) is 5.78 Å². The first-order valence-electron chi connectivity index (χ1n) is 6.44. The lowest BCUT2D eigenvalue weighted by molar-refractivity contribution is 0.0758. The summed E-state index contributed by atoms with van der Waals surface area (Å²) in [5, 5.41) is 7.61. The van der Waals surface area contributed by atoms with Gasteiger partial charge in [-0.2, -0.15) is 5.10 Å². The molecule has 1 N–H and O–H groups in total. The Balaban J connectivity index is 2.36. The molecule has 1 saturated heterocycles. The van der Waals surface area contributed by atoms with Crippen LogP contribution >= 0.6 is 15.9 Å². The number of piperidine rings is 1. The molecular weight excluding hydrogens is 294 g/mol. The van der Waals surface area contributed by atoms with E-state index in [0.29, 0.717) is 5.69 Å². The molecule has 1 unspecified atom stereocenters. The third-order valence-corrected chi connectivity index (χ3v) is 4.18. The van der Waals surface area contributed by atoms with Crippen molar-refractivity contribution < 1.29 is 4.79 Å². The summed E-state index contributed by atoms with van der Waals surface area (Å²) >= 11 is 3.45. The summed E-state index contributed by atoms with van der Waals surface area (Å²) in [6.45, 7) is 7.88. The Bertz CT molecular complexity index is 447. The van der Waals surface area contributed by atoms with E-state index < -0.39 is 0 Å². The Hall–Kier alpha value is -0.680. The average molecular weight is 314 g/mol. The van der Waals surface area contributed by atoms with E-state index in [1.54, 1.807) is 6.20 Å². The van der Waals surface area contributed by atoms with Crippen LogP contribution in [0.2, 0.25) is 0 Å². The van der Waals surface area contributed by atoms with Crippen LogP contribution in [-0.4, -0.2) is 28.7 Å². The lowest BCUT2D eigenvalue weighted by Gasteiger charge is -2.33. The fourth-order valence-electron chi connectivity index (χ4n) is 2.48. The molecule has 0 aromatic carbocycles. The number of rotatable bonds is 3. The lowest BCUT2D eigenvalue weighted by Crippen LogP contribution is -2.44. The second-order valence-electron chi connectivity index (χ2n) is 5.55. The number of hydrogen-bond acceptors (Lipinski definition) is 3. The maximum absolute atomic E-state index is 12.8. The van der Waals surface area contributed by atoms with E-state index in [1.807, 2.05) is 25.5 Å². The first-order valence-corrected chi connectivity index (χ1v) is 7.23. The predicted octanol–water partition coefficient (Wildman–Crippen LogP) is 2.80. The van der Waals surface area contributed by atoms with Crippen molar-refractivity contribution in [1.82, 2.24) is 15.1 Å². The summed E-state index contributed by atoms with van der Waals surface area (Å²) in [6.07, 6.45) is 3.71. The first-order chi connectivity index (χ1) is 8.46. The van der Waals surface area contributed by atoms with Gasteiger partial charge in [-0.15, -0.1) is 0 Å². The van der Waals surface area contributed by atoms with Gasteiger partial charge in [0.25, 0.3) is 0 Å². The van der Waals surface area contributed by atoms with Gasteiger partial charge in [0.05, 0.1) is 10.7 Å². The molecule has 1 aromatic rings. The number of hydrogen-bond donors (Lipinski definition) is 1. The van der Waals surface area contributed by atoms with Gasteiger partial charge in [0, 0.05) is 18.0 Å². The Morgan fingerprint density at radius 1 is 1.61 bits per heavy atom. The van der Waals surface area contributed by atoms with E-state index in [0.717, 1.165) is 30.4 Å². The van der Waals surface area contributed by atoms with Crippen molar-refractivity contribution in [2.45, 2.75) is 39.7 Å². The Kier molecular flexibility index (Phi) is 3.92. The summed E-state index contributed by atoms with van der Waals surface area (Å²) in [7, 11) is 0. The van der Waals surface area contributed by atoms with Crippen LogP contribution in [0, 0.1) is 5.41 Å². The zero-order valence-corrected chi connectivity index (χ0v) is 12.7. The smallest absolute Gasteiger partial charge is 0.189 e. The van der Waals surface area contributed by atoms with Crippen molar-refractivity contribution in [2.75, 3.05) is 13.1 Å². The van der Waals surface area contributed by atoms with Gasteiger partial charge in [0.1, 0.15) is 5.69 Å². The number of aromatic nitrogens is 2. The maximum Gasteiger partial charge on any atom is 0.189 e. The molecule has 5 heteroatoms. The normalized spacial score (nSPS) is 24.5. The van der Waals surface area contributed by atoms with Crippen LogP contribution in [0.5, 0.6) is 0 Å². The first kappa shape index (κ1) is 13.7. The molecule has 0 saturated carbocycles. The average Bonchev–Trinajstić information content (AvgIpc) is 2.71. The second-order valence-corrected chi connectivity index (χ2v) is 6.40. The molecule has 1 fully saturated rings. The number of carbonyl (C=O) groups is 1. The van der Waals surface area contributed by atoms with Crippen molar-refractivity contribution >= 4 is 21.7 Å². The Labute approximate surface area is 116 Å². The van der Waals surface area contributed by atoms with Crippen molar-refractivity contribution in [1.29, 1.82) is 0 Å².